The third kappa shape index (κ3) is 3.32. The molecule has 1 N–H and O–H groups in total. The van der Waals surface area contributed by atoms with Gasteiger partial charge in [0.15, 0.2) is 0 Å². The third-order valence-corrected chi connectivity index (χ3v) is 5.01. The Hall–Kier alpha value is -0.340. The SMILES string of the molecule is CCCNC(CC)c1cc2c(s1)CCCCC2. The summed E-state index contributed by atoms with van der Waals surface area (Å²) in [5.74, 6) is 0. The summed E-state index contributed by atoms with van der Waals surface area (Å²) in [5, 5.41) is 3.67. The zero-order valence-corrected chi connectivity index (χ0v) is 12.0. The number of hydrogen-bond acceptors (Lipinski definition) is 2. The van der Waals surface area contributed by atoms with Crippen molar-refractivity contribution in [3.63, 3.8) is 0 Å². The summed E-state index contributed by atoms with van der Waals surface area (Å²) in [6.07, 6.45) is 9.28. The van der Waals surface area contributed by atoms with Crippen molar-refractivity contribution in [2.45, 2.75) is 64.8 Å². The molecule has 1 aromatic rings. The fourth-order valence-corrected chi connectivity index (χ4v) is 4.04. The van der Waals surface area contributed by atoms with E-state index in [0.29, 0.717) is 6.04 Å². The van der Waals surface area contributed by atoms with Crippen molar-refractivity contribution in [3.05, 3.63) is 21.4 Å². The van der Waals surface area contributed by atoms with Gasteiger partial charge in [-0.15, -0.1) is 11.3 Å². The average Bonchev–Trinajstić information content (AvgIpc) is 2.61. The van der Waals surface area contributed by atoms with Crippen LogP contribution in [0.1, 0.15) is 67.3 Å². The molecule has 1 atom stereocenters. The quantitative estimate of drug-likeness (QED) is 0.761. The summed E-state index contributed by atoms with van der Waals surface area (Å²) in [7, 11) is 0. The zero-order chi connectivity index (χ0) is 12.1. The average molecular weight is 251 g/mol. The van der Waals surface area contributed by atoms with E-state index < -0.39 is 0 Å². The van der Waals surface area contributed by atoms with Gasteiger partial charge in [0.1, 0.15) is 0 Å². The Balaban J connectivity index is 2.09. The molecule has 2 rings (SSSR count). The van der Waals surface area contributed by atoms with E-state index in [-0.39, 0.29) is 0 Å². The van der Waals surface area contributed by atoms with Crippen molar-refractivity contribution >= 4 is 11.3 Å². The smallest absolute Gasteiger partial charge is 0.0412 e. The predicted octanol–water partition coefficient (Wildman–Crippen LogP) is 4.47. The second kappa shape index (κ2) is 6.55. The Kier molecular flexibility index (Phi) is 5.05. The molecular formula is C15H25NS. The van der Waals surface area contributed by atoms with Crippen LogP contribution < -0.4 is 5.32 Å². The van der Waals surface area contributed by atoms with Crippen molar-refractivity contribution in [1.29, 1.82) is 0 Å². The molecule has 0 fully saturated rings. The fraction of sp³-hybridized carbons (Fsp3) is 0.733. The molecule has 1 aromatic heterocycles. The van der Waals surface area contributed by atoms with Gasteiger partial charge in [0.05, 0.1) is 0 Å². The van der Waals surface area contributed by atoms with E-state index in [1.165, 1.54) is 44.9 Å². The maximum atomic E-state index is 3.67. The Morgan fingerprint density at radius 3 is 2.82 bits per heavy atom. The molecule has 96 valence electrons. The van der Waals surface area contributed by atoms with Crippen LogP contribution in [-0.4, -0.2) is 6.54 Å². The normalized spacial score (nSPS) is 17.5. The number of nitrogens with one attached hydrogen (secondary N) is 1. The predicted molar refractivity (Wildman–Crippen MR) is 76.9 cm³/mol. The molecular weight excluding hydrogens is 226 g/mol. The van der Waals surface area contributed by atoms with E-state index in [9.17, 15) is 0 Å². The minimum Gasteiger partial charge on any atom is -0.309 e. The van der Waals surface area contributed by atoms with E-state index >= 15 is 0 Å². The Morgan fingerprint density at radius 1 is 1.24 bits per heavy atom. The Bertz CT molecular complexity index is 319. The molecule has 2 heteroatoms. The van der Waals surface area contributed by atoms with Gasteiger partial charge in [0.25, 0.3) is 0 Å². The number of fused-ring (bicyclic) bond motifs is 1. The van der Waals surface area contributed by atoms with Crippen LogP contribution >= 0.6 is 11.3 Å². The van der Waals surface area contributed by atoms with Crippen LogP contribution in [0.25, 0.3) is 0 Å². The van der Waals surface area contributed by atoms with Crippen LogP contribution in [0.2, 0.25) is 0 Å². The summed E-state index contributed by atoms with van der Waals surface area (Å²) in [5.41, 5.74) is 1.65. The standard InChI is InChI=1S/C15H25NS/c1-3-10-16-13(4-2)15-11-12-8-6-5-7-9-14(12)17-15/h11,13,16H,3-10H2,1-2H3. The Labute approximate surface area is 110 Å². The Morgan fingerprint density at radius 2 is 2.06 bits per heavy atom. The molecule has 17 heavy (non-hydrogen) atoms. The van der Waals surface area contributed by atoms with Crippen LogP contribution in [-0.2, 0) is 12.8 Å². The number of rotatable bonds is 5. The first kappa shape index (κ1) is 13.1. The summed E-state index contributed by atoms with van der Waals surface area (Å²) >= 11 is 2.07. The first-order valence-corrected chi connectivity index (χ1v) is 8.01. The van der Waals surface area contributed by atoms with Gasteiger partial charge < -0.3 is 5.32 Å². The molecule has 1 nitrogen and oxygen atoms in total. The van der Waals surface area contributed by atoms with Crippen LogP contribution in [0.4, 0.5) is 0 Å². The molecule has 0 aliphatic heterocycles. The molecule has 0 radical (unpaired) electrons. The minimum atomic E-state index is 0.590. The van der Waals surface area contributed by atoms with Gasteiger partial charge in [-0.05, 0) is 56.7 Å². The molecule has 1 aliphatic carbocycles. The fourth-order valence-electron chi connectivity index (χ4n) is 2.63. The van der Waals surface area contributed by atoms with E-state index in [4.69, 9.17) is 0 Å². The lowest BCUT2D eigenvalue weighted by Gasteiger charge is -2.14. The van der Waals surface area contributed by atoms with Crippen LogP contribution in [0.3, 0.4) is 0 Å². The summed E-state index contributed by atoms with van der Waals surface area (Å²) in [6.45, 7) is 5.67. The number of hydrogen-bond donors (Lipinski definition) is 1. The van der Waals surface area contributed by atoms with Gasteiger partial charge in [-0.1, -0.05) is 20.3 Å². The molecule has 1 unspecified atom stereocenters. The lowest BCUT2D eigenvalue weighted by Crippen LogP contribution is -2.20. The maximum Gasteiger partial charge on any atom is 0.0412 e. The molecule has 0 aromatic carbocycles. The third-order valence-electron chi connectivity index (χ3n) is 3.66. The molecule has 1 heterocycles. The highest BCUT2D eigenvalue weighted by atomic mass is 32.1. The van der Waals surface area contributed by atoms with E-state index in [1.807, 2.05) is 0 Å². The van der Waals surface area contributed by atoms with Gasteiger partial charge in [0, 0.05) is 15.8 Å². The van der Waals surface area contributed by atoms with Crippen LogP contribution in [0.15, 0.2) is 6.07 Å². The molecule has 0 spiro atoms. The highest BCUT2D eigenvalue weighted by Crippen LogP contribution is 2.33. The van der Waals surface area contributed by atoms with Crippen molar-refractivity contribution in [2.75, 3.05) is 6.54 Å². The van der Waals surface area contributed by atoms with E-state index in [2.05, 4.69) is 36.6 Å². The zero-order valence-electron chi connectivity index (χ0n) is 11.2. The van der Waals surface area contributed by atoms with Gasteiger partial charge in [-0.25, -0.2) is 0 Å². The topological polar surface area (TPSA) is 12.0 Å². The minimum absolute atomic E-state index is 0.590. The lowest BCUT2D eigenvalue weighted by molar-refractivity contribution is 0.525. The number of aryl methyl sites for hydroxylation is 2. The van der Waals surface area contributed by atoms with Crippen molar-refractivity contribution in [1.82, 2.24) is 5.32 Å². The summed E-state index contributed by atoms with van der Waals surface area (Å²) < 4.78 is 0. The largest absolute Gasteiger partial charge is 0.309 e. The first-order valence-electron chi connectivity index (χ1n) is 7.20. The molecule has 0 saturated carbocycles. The van der Waals surface area contributed by atoms with Crippen molar-refractivity contribution in [3.8, 4) is 0 Å². The van der Waals surface area contributed by atoms with Gasteiger partial charge in [-0.2, -0.15) is 0 Å². The van der Waals surface area contributed by atoms with Gasteiger partial charge in [0.2, 0.25) is 0 Å². The van der Waals surface area contributed by atoms with Crippen molar-refractivity contribution in [2.24, 2.45) is 0 Å². The molecule has 0 bridgehead atoms. The molecule has 1 aliphatic rings. The van der Waals surface area contributed by atoms with Crippen LogP contribution in [0.5, 0.6) is 0 Å². The summed E-state index contributed by atoms with van der Waals surface area (Å²) in [4.78, 5) is 3.25. The lowest BCUT2D eigenvalue weighted by atomic mass is 10.1. The van der Waals surface area contributed by atoms with Crippen molar-refractivity contribution < 1.29 is 0 Å². The van der Waals surface area contributed by atoms with Crippen LogP contribution in [0, 0.1) is 0 Å². The molecule has 0 saturated heterocycles. The molecule has 0 amide bonds. The highest BCUT2D eigenvalue weighted by Gasteiger charge is 2.16. The highest BCUT2D eigenvalue weighted by molar-refractivity contribution is 7.12. The van der Waals surface area contributed by atoms with E-state index in [1.54, 1.807) is 15.3 Å². The van der Waals surface area contributed by atoms with Gasteiger partial charge in [-0.3, -0.25) is 0 Å². The second-order valence-electron chi connectivity index (χ2n) is 5.07. The monoisotopic (exact) mass is 251 g/mol. The number of thiophene rings is 1. The summed E-state index contributed by atoms with van der Waals surface area (Å²) in [6, 6.07) is 3.08. The van der Waals surface area contributed by atoms with E-state index in [0.717, 1.165) is 6.54 Å². The maximum absolute atomic E-state index is 3.67. The first-order chi connectivity index (χ1) is 8.35. The second-order valence-corrected chi connectivity index (χ2v) is 6.24. The van der Waals surface area contributed by atoms with Gasteiger partial charge >= 0.3 is 0 Å².